The van der Waals surface area contributed by atoms with Gasteiger partial charge in [-0.05, 0) is 12.8 Å². The van der Waals surface area contributed by atoms with Crippen LogP contribution in [-0.2, 0) is 17.9 Å². The number of carbonyl (C=O) groups is 1. The van der Waals surface area contributed by atoms with Crippen LogP contribution in [0, 0.1) is 0 Å². The molecule has 1 aromatic heterocycles. The molecule has 1 heterocycles. The molecule has 106 valence electrons. The van der Waals surface area contributed by atoms with Crippen LogP contribution in [0.1, 0.15) is 31.2 Å². The largest absolute Gasteiger partial charge is 0.480 e. The smallest absolute Gasteiger partial charge is 0.317 e. The highest BCUT2D eigenvalue weighted by Gasteiger charge is 2.24. The summed E-state index contributed by atoms with van der Waals surface area (Å²) in [5, 5.41) is 22.0. The molecule has 2 rings (SSSR count). The third-order valence-electron chi connectivity index (χ3n) is 3.58. The van der Waals surface area contributed by atoms with Crippen molar-refractivity contribution in [3.8, 4) is 0 Å². The van der Waals surface area contributed by atoms with Crippen molar-refractivity contribution in [1.82, 2.24) is 14.7 Å². The van der Waals surface area contributed by atoms with E-state index in [1.54, 1.807) is 10.9 Å². The van der Waals surface area contributed by atoms with Gasteiger partial charge in [0.05, 0.1) is 25.9 Å². The van der Waals surface area contributed by atoms with E-state index in [4.69, 9.17) is 10.2 Å². The highest BCUT2D eigenvalue weighted by molar-refractivity contribution is 5.69. The average Bonchev–Trinajstić information content (AvgIpc) is 2.99. The van der Waals surface area contributed by atoms with E-state index in [0.717, 1.165) is 18.4 Å². The first-order chi connectivity index (χ1) is 9.19. The van der Waals surface area contributed by atoms with Crippen molar-refractivity contribution in [3.05, 3.63) is 18.0 Å². The molecule has 0 spiro atoms. The summed E-state index contributed by atoms with van der Waals surface area (Å²) in [6.07, 6.45) is 8.16. The Balaban J connectivity index is 1.99. The fourth-order valence-electron chi connectivity index (χ4n) is 2.70. The summed E-state index contributed by atoms with van der Waals surface area (Å²) >= 11 is 0. The maximum atomic E-state index is 11.0. The van der Waals surface area contributed by atoms with Crippen LogP contribution in [0.2, 0.25) is 0 Å². The van der Waals surface area contributed by atoms with Crippen molar-refractivity contribution in [2.45, 2.75) is 44.8 Å². The molecule has 0 radical (unpaired) electrons. The zero-order valence-corrected chi connectivity index (χ0v) is 11.0. The minimum atomic E-state index is -0.783. The lowest BCUT2D eigenvalue weighted by atomic mass is 10.2. The van der Waals surface area contributed by atoms with E-state index in [0.29, 0.717) is 19.1 Å². The first-order valence-electron chi connectivity index (χ1n) is 6.77. The fourth-order valence-corrected chi connectivity index (χ4v) is 2.70. The van der Waals surface area contributed by atoms with Gasteiger partial charge in [-0.2, -0.15) is 5.10 Å². The predicted octanol–water partition coefficient (Wildman–Crippen LogP) is 0.705. The maximum absolute atomic E-state index is 11.0. The number of aliphatic hydroxyl groups excluding tert-OH is 1. The van der Waals surface area contributed by atoms with Gasteiger partial charge < -0.3 is 10.2 Å². The van der Waals surface area contributed by atoms with Gasteiger partial charge in [0.15, 0.2) is 0 Å². The van der Waals surface area contributed by atoms with Crippen LogP contribution in [0.15, 0.2) is 12.4 Å². The fraction of sp³-hybridized carbons (Fsp3) is 0.692. The second kappa shape index (κ2) is 6.68. The molecule has 0 aliphatic heterocycles. The number of hydrogen-bond acceptors (Lipinski definition) is 4. The van der Waals surface area contributed by atoms with E-state index in [2.05, 4.69) is 5.10 Å². The molecule has 0 unspecified atom stereocenters. The van der Waals surface area contributed by atoms with Crippen molar-refractivity contribution >= 4 is 5.97 Å². The SMILES string of the molecule is O=C(O)CN(Cc1cnn(CCO)c1)C1CCCC1. The number of rotatable bonds is 7. The summed E-state index contributed by atoms with van der Waals surface area (Å²) in [6.45, 7) is 1.23. The number of carboxylic acid groups (broad SMARTS) is 1. The molecule has 1 aliphatic carbocycles. The number of carboxylic acids is 1. The molecule has 0 aromatic carbocycles. The Morgan fingerprint density at radius 1 is 1.47 bits per heavy atom. The van der Waals surface area contributed by atoms with Gasteiger partial charge in [0.25, 0.3) is 0 Å². The number of nitrogens with zero attached hydrogens (tertiary/aromatic N) is 3. The third-order valence-corrected chi connectivity index (χ3v) is 3.58. The molecule has 0 atom stereocenters. The van der Waals surface area contributed by atoms with Gasteiger partial charge in [-0.25, -0.2) is 0 Å². The zero-order valence-electron chi connectivity index (χ0n) is 11.0. The monoisotopic (exact) mass is 267 g/mol. The van der Waals surface area contributed by atoms with Crippen LogP contribution >= 0.6 is 0 Å². The number of aliphatic carboxylic acids is 1. The Morgan fingerprint density at radius 2 is 2.21 bits per heavy atom. The van der Waals surface area contributed by atoms with Crippen molar-refractivity contribution in [1.29, 1.82) is 0 Å². The standard InChI is InChI=1S/C13H21N3O3/c17-6-5-16-9-11(7-14-16)8-15(10-13(18)19)12-3-1-2-4-12/h7,9,12,17H,1-6,8,10H2,(H,18,19). The second-order valence-electron chi connectivity index (χ2n) is 5.07. The Morgan fingerprint density at radius 3 is 2.84 bits per heavy atom. The molecule has 6 heteroatoms. The van der Waals surface area contributed by atoms with Crippen LogP contribution in [0.3, 0.4) is 0 Å². The van der Waals surface area contributed by atoms with Gasteiger partial charge in [-0.3, -0.25) is 14.4 Å². The lowest BCUT2D eigenvalue weighted by molar-refractivity contribution is -0.139. The van der Waals surface area contributed by atoms with E-state index >= 15 is 0 Å². The van der Waals surface area contributed by atoms with E-state index < -0.39 is 5.97 Å². The summed E-state index contributed by atoms with van der Waals surface area (Å²) in [5.74, 6) is -0.783. The molecule has 1 saturated carbocycles. The van der Waals surface area contributed by atoms with Gasteiger partial charge in [0.1, 0.15) is 0 Å². The van der Waals surface area contributed by atoms with E-state index in [1.807, 2.05) is 11.1 Å². The van der Waals surface area contributed by atoms with Crippen molar-refractivity contribution < 1.29 is 15.0 Å². The third kappa shape index (κ3) is 4.04. The molecule has 19 heavy (non-hydrogen) atoms. The van der Waals surface area contributed by atoms with Crippen LogP contribution < -0.4 is 0 Å². The van der Waals surface area contributed by atoms with Crippen molar-refractivity contribution in [2.75, 3.05) is 13.2 Å². The van der Waals surface area contributed by atoms with Gasteiger partial charge in [-0.15, -0.1) is 0 Å². The number of hydrogen-bond donors (Lipinski definition) is 2. The summed E-state index contributed by atoms with van der Waals surface area (Å²) < 4.78 is 1.68. The summed E-state index contributed by atoms with van der Waals surface area (Å²) in [7, 11) is 0. The predicted molar refractivity (Wildman–Crippen MR) is 69.6 cm³/mol. The van der Waals surface area contributed by atoms with E-state index in [-0.39, 0.29) is 13.2 Å². The Kier molecular flexibility index (Phi) is 4.93. The molecule has 1 aromatic rings. The topological polar surface area (TPSA) is 78.6 Å². The maximum Gasteiger partial charge on any atom is 0.317 e. The summed E-state index contributed by atoms with van der Waals surface area (Å²) in [6, 6.07) is 0.372. The zero-order chi connectivity index (χ0) is 13.7. The molecule has 1 fully saturated rings. The van der Waals surface area contributed by atoms with Crippen LogP contribution in [0.25, 0.3) is 0 Å². The van der Waals surface area contributed by atoms with Gasteiger partial charge in [-0.1, -0.05) is 12.8 Å². The first-order valence-corrected chi connectivity index (χ1v) is 6.77. The number of aliphatic hydroxyl groups is 1. The molecule has 0 saturated heterocycles. The lowest BCUT2D eigenvalue weighted by Gasteiger charge is -2.26. The minimum Gasteiger partial charge on any atom is -0.480 e. The first kappa shape index (κ1) is 14.0. The van der Waals surface area contributed by atoms with Crippen molar-refractivity contribution in [2.24, 2.45) is 0 Å². The average molecular weight is 267 g/mol. The lowest BCUT2D eigenvalue weighted by Crippen LogP contribution is -2.36. The minimum absolute atomic E-state index is 0.0581. The second-order valence-corrected chi connectivity index (χ2v) is 5.07. The van der Waals surface area contributed by atoms with Crippen molar-refractivity contribution in [3.63, 3.8) is 0 Å². The highest BCUT2D eigenvalue weighted by Crippen LogP contribution is 2.24. The normalized spacial score (nSPS) is 16.3. The van der Waals surface area contributed by atoms with Crippen LogP contribution in [0.5, 0.6) is 0 Å². The molecule has 1 aliphatic rings. The molecule has 6 nitrogen and oxygen atoms in total. The molecule has 2 N–H and O–H groups in total. The van der Waals surface area contributed by atoms with Gasteiger partial charge >= 0.3 is 5.97 Å². The van der Waals surface area contributed by atoms with Crippen LogP contribution in [0.4, 0.5) is 0 Å². The van der Waals surface area contributed by atoms with E-state index in [1.165, 1.54) is 12.8 Å². The molecular weight excluding hydrogens is 246 g/mol. The van der Waals surface area contributed by atoms with Gasteiger partial charge in [0, 0.05) is 24.3 Å². The number of aromatic nitrogens is 2. The molecular formula is C13H21N3O3. The summed E-state index contributed by atoms with van der Waals surface area (Å²) in [4.78, 5) is 13.0. The van der Waals surface area contributed by atoms with Gasteiger partial charge in [0.2, 0.25) is 0 Å². The van der Waals surface area contributed by atoms with Crippen LogP contribution in [-0.4, -0.2) is 50.1 Å². The van der Waals surface area contributed by atoms with E-state index in [9.17, 15) is 4.79 Å². The highest BCUT2D eigenvalue weighted by atomic mass is 16.4. The Hall–Kier alpha value is -1.40. The molecule has 0 bridgehead atoms. The summed E-state index contributed by atoms with van der Waals surface area (Å²) in [5.41, 5.74) is 1.00. The molecule has 0 amide bonds. The Labute approximate surface area is 112 Å². The Bertz CT molecular complexity index is 413. The quantitative estimate of drug-likeness (QED) is 0.760.